The van der Waals surface area contributed by atoms with E-state index in [-0.39, 0.29) is 0 Å². The van der Waals surface area contributed by atoms with Crippen LogP contribution in [-0.4, -0.2) is 75.2 Å². The van der Waals surface area contributed by atoms with E-state index in [0.29, 0.717) is 35.7 Å². The van der Waals surface area contributed by atoms with Crippen molar-refractivity contribution < 1.29 is 14.2 Å². The molecular weight excluding hydrogens is 354 g/mol. The molecule has 3 heterocycles. The Kier molecular flexibility index (Phi) is 5.54. The molecule has 1 N–H and O–H groups in total. The van der Waals surface area contributed by atoms with Crippen LogP contribution in [0.4, 0.5) is 0 Å². The Bertz CT molecular complexity index is 565. The molecule has 0 aromatic heterocycles. The molecule has 3 saturated heterocycles. The van der Waals surface area contributed by atoms with Gasteiger partial charge in [0, 0.05) is 50.7 Å². The zero-order valence-electron chi connectivity index (χ0n) is 17.4. The van der Waals surface area contributed by atoms with Crippen molar-refractivity contribution in [1.82, 2.24) is 10.2 Å². The fourth-order valence-corrected chi connectivity index (χ4v) is 6.31. The molecule has 0 amide bonds. The van der Waals surface area contributed by atoms with Gasteiger partial charge < -0.3 is 24.4 Å². The normalized spacial score (nSPS) is 38.0. The van der Waals surface area contributed by atoms with Gasteiger partial charge in [-0.2, -0.15) is 0 Å². The van der Waals surface area contributed by atoms with Gasteiger partial charge in [-0.3, -0.25) is 4.99 Å². The second-order valence-electron chi connectivity index (χ2n) is 9.51. The fourth-order valence-electron chi connectivity index (χ4n) is 6.31. The van der Waals surface area contributed by atoms with E-state index in [0.717, 1.165) is 58.1 Å². The van der Waals surface area contributed by atoms with Gasteiger partial charge in [0.2, 0.25) is 0 Å². The van der Waals surface area contributed by atoms with Gasteiger partial charge in [0.05, 0.1) is 24.9 Å². The van der Waals surface area contributed by atoms with Gasteiger partial charge in [0.1, 0.15) is 0 Å². The summed E-state index contributed by atoms with van der Waals surface area (Å²) in [5.74, 6) is 1.78. The van der Waals surface area contributed by atoms with Crippen LogP contribution in [0.3, 0.4) is 0 Å². The van der Waals surface area contributed by atoms with E-state index >= 15 is 0 Å². The van der Waals surface area contributed by atoms with Gasteiger partial charge in [-0.05, 0) is 51.4 Å². The molecule has 4 atom stereocenters. The highest BCUT2D eigenvalue weighted by Crippen LogP contribution is 2.62. The first kappa shape index (κ1) is 19.1. The Morgan fingerprint density at radius 2 is 1.93 bits per heavy atom. The van der Waals surface area contributed by atoms with Crippen molar-refractivity contribution in [3.63, 3.8) is 0 Å². The molecule has 5 fully saturated rings. The minimum Gasteiger partial charge on any atom is -0.377 e. The highest BCUT2D eigenvalue weighted by molar-refractivity contribution is 5.80. The Hall–Kier alpha value is -0.850. The summed E-state index contributed by atoms with van der Waals surface area (Å²) in [5.41, 5.74) is 0.401. The Morgan fingerprint density at radius 1 is 1.07 bits per heavy atom. The van der Waals surface area contributed by atoms with Crippen LogP contribution in [0.5, 0.6) is 0 Å². The van der Waals surface area contributed by atoms with Gasteiger partial charge in [0.25, 0.3) is 0 Å². The van der Waals surface area contributed by atoms with Crippen LogP contribution < -0.4 is 5.32 Å². The Morgan fingerprint density at radius 3 is 2.61 bits per heavy atom. The zero-order valence-corrected chi connectivity index (χ0v) is 17.4. The summed E-state index contributed by atoms with van der Waals surface area (Å²) in [6.45, 7) is 4.68. The number of hydrogen-bond acceptors (Lipinski definition) is 4. The van der Waals surface area contributed by atoms with Gasteiger partial charge >= 0.3 is 0 Å². The fraction of sp³-hybridized carbons (Fsp3) is 0.955. The third kappa shape index (κ3) is 3.35. The van der Waals surface area contributed by atoms with Crippen LogP contribution in [0.1, 0.15) is 57.8 Å². The van der Waals surface area contributed by atoms with Crippen molar-refractivity contribution in [1.29, 1.82) is 0 Å². The molecule has 0 aromatic carbocycles. The summed E-state index contributed by atoms with van der Waals surface area (Å²) in [4.78, 5) is 7.08. The van der Waals surface area contributed by atoms with Gasteiger partial charge in [-0.15, -0.1) is 0 Å². The standard InChI is InChI=1S/C22H37N3O3/c1-23-21(24-19-18-8-14-27-20(18)22(19)9-4-10-22)25-11-6-16(7-12-25)28-15-17-5-2-3-13-26-17/h16-20H,2-15H2,1H3,(H,23,24). The minimum absolute atomic E-state index is 0.320. The molecule has 1 spiro atoms. The quantitative estimate of drug-likeness (QED) is 0.590. The zero-order chi connectivity index (χ0) is 19.0. The van der Waals surface area contributed by atoms with E-state index in [1.54, 1.807) is 0 Å². The van der Waals surface area contributed by atoms with Crippen LogP contribution in [0, 0.1) is 11.3 Å². The molecule has 4 unspecified atom stereocenters. The highest BCUT2D eigenvalue weighted by Gasteiger charge is 2.66. The first-order chi connectivity index (χ1) is 13.8. The maximum absolute atomic E-state index is 6.19. The third-order valence-electron chi connectivity index (χ3n) is 8.07. The van der Waals surface area contributed by atoms with E-state index in [1.807, 2.05) is 7.05 Å². The molecule has 5 rings (SSSR count). The molecular formula is C22H37N3O3. The molecule has 158 valence electrons. The lowest BCUT2D eigenvalue weighted by Gasteiger charge is -2.63. The molecule has 2 saturated carbocycles. The summed E-state index contributed by atoms with van der Waals surface area (Å²) < 4.78 is 18.1. The third-order valence-corrected chi connectivity index (χ3v) is 8.07. The number of hydrogen-bond donors (Lipinski definition) is 1. The van der Waals surface area contributed by atoms with E-state index in [9.17, 15) is 0 Å². The lowest BCUT2D eigenvalue weighted by molar-refractivity contribution is -0.171. The predicted molar refractivity (Wildman–Crippen MR) is 109 cm³/mol. The highest BCUT2D eigenvalue weighted by atomic mass is 16.5. The number of likely N-dealkylation sites (tertiary alicyclic amines) is 1. The lowest BCUT2D eigenvalue weighted by Crippen LogP contribution is -2.72. The smallest absolute Gasteiger partial charge is 0.193 e. The van der Waals surface area contributed by atoms with E-state index in [1.165, 1.54) is 38.5 Å². The van der Waals surface area contributed by atoms with Crippen LogP contribution in [-0.2, 0) is 14.2 Å². The summed E-state index contributed by atoms with van der Waals surface area (Å²) in [6, 6.07) is 0.560. The van der Waals surface area contributed by atoms with Crippen molar-refractivity contribution in [2.24, 2.45) is 16.3 Å². The number of fused-ring (bicyclic) bond motifs is 2. The van der Waals surface area contributed by atoms with Crippen molar-refractivity contribution in [3.8, 4) is 0 Å². The lowest BCUT2D eigenvalue weighted by atomic mass is 9.46. The first-order valence-electron chi connectivity index (χ1n) is 11.6. The Labute approximate surface area is 169 Å². The maximum Gasteiger partial charge on any atom is 0.193 e. The monoisotopic (exact) mass is 391 g/mol. The van der Waals surface area contributed by atoms with Gasteiger partial charge in [-0.1, -0.05) is 6.42 Å². The molecule has 2 aliphatic carbocycles. The molecule has 0 bridgehead atoms. The molecule has 6 heteroatoms. The number of rotatable bonds is 4. The molecule has 0 aromatic rings. The SMILES string of the molecule is CN=C(NC1C2CCOC2C12CCC2)N1CCC(OCC2CCCCO2)CC1. The van der Waals surface area contributed by atoms with Crippen molar-refractivity contribution >= 4 is 5.96 Å². The number of ether oxygens (including phenoxy) is 3. The number of nitrogens with one attached hydrogen (secondary N) is 1. The van der Waals surface area contributed by atoms with Crippen LogP contribution >= 0.6 is 0 Å². The largest absolute Gasteiger partial charge is 0.377 e. The van der Waals surface area contributed by atoms with E-state index in [4.69, 9.17) is 14.2 Å². The van der Waals surface area contributed by atoms with E-state index in [2.05, 4.69) is 15.2 Å². The number of nitrogens with zero attached hydrogens (tertiary/aromatic N) is 2. The van der Waals surface area contributed by atoms with Crippen molar-refractivity contribution in [2.45, 2.75) is 82.1 Å². The van der Waals surface area contributed by atoms with Crippen LogP contribution in [0.25, 0.3) is 0 Å². The molecule has 6 nitrogen and oxygen atoms in total. The summed E-state index contributed by atoms with van der Waals surface area (Å²) in [5, 5.41) is 3.87. The summed E-state index contributed by atoms with van der Waals surface area (Å²) >= 11 is 0. The van der Waals surface area contributed by atoms with Crippen LogP contribution in [0.2, 0.25) is 0 Å². The molecule has 5 aliphatic rings. The Balaban J connectivity index is 1.10. The average Bonchev–Trinajstić information content (AvgIpc) is 3.12. The van der Waals surface area contributed by atoms with Gasteiger partial charge in [-0.25, -0.2) is 0 Å². The maximum atomic E-state index is 6.19. The minimum atomic E-state index is 0.320. The summed E-state index contributed by atoms with van der Waals surface area (Å²) in [7, 11) is 1.93. The number of guanidine groups is 1. The second kappa shape index (κ2) is 8.11. The predicted octanol–water partition coefficient (Wildman–Crippen LogP) is 2.57. The first-order valence-corrected chi connectivity index (χ1v) is 11.6. The molecule has 28 heavy (non-hydrogen) atoms. The molecule has 0 radical (unpaired) electrons. The number of piperidine rings is 1. The van der Waals surface area contributed by atoms with Crippen LogP contribution in [0.15, 0.2) is 4.99 Å². The number of aliphatic imine (C=N–C) groups is 1. The van der Waals surface area contributed by atoms with E-state index < -0.39 is 0 Å². The summed E-state index contributed by atoms with van der Waals surface area (Å²) in [6.07, 6.45) is 12.2. The van der Waals surface area contributed by atoms with Crippen molar-refractivity contribution in [3.05, 3.63) is 0 Å². The van der Waals surface area contributed by atoms with Gasteiger partial charge in [0.15, 0.2) is 5.96 Å². The molecule has 3 aliphatic heterocycles. The topological polar surface area (TPSA) is 55.3 Å². The second-order valence-corrected chi connectivity index (χ2v) is 9.51. The average molecular weight is 392 g/mol. The van der Waals surface area contributed by atoms with Crippen molar-refractivity contribution in [2.75, 3.05) is 40.0 Å².